The normalized spacial score (nSPS) is 9.92. The van der Waals surface area contributed by atoms with Gasteiger partial charge in [-0.25, -0.2) is 18.4 Å². The molecule has 1 aromatic heterocycles. The van der Waals surface area contributed by atoms with Crippen LogP contribution in [0.5, 0.6) is 0 Å². The van der Waals surface area contributed by atoms with Gasteiger partial charge >= 0.3 is 0 Å². The highest BCUT2D eigenvalue weighted by Crippen LogP contribution is 2.02. The Morgan fingerprint density at radius 1 is 1.62 bits per heavy atom. The molecule has 0 saturated carbocycles. The predicted molar refractivity (Wildman–Crippen MR) is 45.5 cm³/mol. The van der Waals surface area contributed by atoms with Crippen LogP contribution in [0, 0.1) is 18.3 Å². The summed E-state index contributed by atoms with van der Waals surface area (Å²) in [4.78, 5) is 7.60. The predicted octanol–water partition coefficient (Wildman–Crippen LogP) is -0.232. The van der Waals surface area contributed by atoms with E-state index in [0.29, 0.717) is 11.3 Å². The molecule has 1 heterocycles. The third-order valence-corrected chi connectivity index (χ3v) is 1.96. The molecule has 1 rings (SSSR count). The Bertz CT molecular complexity index is 426. The Kier molecular flexibility index (Phi) is 2.93. The van der Waals surface area contributed by atoms with Crippen LogP contribution < -0.4 is 0 Å². The molecule has 1 aromatic rings. The van der Waals surface area contributed by atoms with E-state index in [1.54, 1.807) is 6.92 Å². The van der Waals surface area contributed by atoms with Crippen molar-refractivity contribution in [1.82, 2.24) is 9.97 Å². The van der Waals surface area contributed by atoms with Crippen LogP contribution in [0.25, 0.3) is 0 Å². The maximum absolute atomic E-state index is 10.3. The largest absolute Gasteiger partial charge is 0.239 e. The Morgan fingerprint density at radius 3 is 2.77 bits per heavy atom. The van der Waals surface area contributed by atoms with Crippen LogP contribution in [0.4, 0.5) is 0 Å². The Hall–Kier alpha value is -1.48. The first kappa shape index (κ1) is 9.61. The fourth-order valence-corrected chi connectivity index (χ4v) is 1.20. The monoisotopic (exact) mass is 197 g/mol. The summed E-state index contributed by atoms with van der Waals surface area (Å²) in [5, 5.41) is 8.54. The van der Waals surface area contributed by atoms with Crippen molar-refractivity contribution in [3.63, 3.8) is 0 Å². The molecular weight excluding hydrogens is 190 g/mol. The zero-order valence-corrected chi connectivity index (χ0v) is 7.78. The number of nitrogens with zero attached hydrogens (tertiary/aromatic N) is 3. The molecule has 0 N–H and O–H groups in total. The molecule has 0 atom stereocenters. The SMILES string of the molecule is Cc1nc(C[SH](=O)=O)ncc1C#N. The number of hydrogen-bond donors (Lipinski definition) is 1. The molecule has 13 heavy (non-hydrogen) atoms. The lowest BCUT2D eigenvalue weighted by atomic mass is 10.3. The Morgan fingerprint density at radius 2 is 2.31 bits per heavy atom. The summed E-state index contributed by atoms with van der Waals surface area (Å²) in [6.45, 7) is 1.64. The Labute approximate surface area is 77.0 Å². The van der Waals surface area contributed by atoms with Crippen molar-refractivity contribution >= 4 is 10.7 Å². The summed E-state index contributed by atoms with van der Waals surface area (Å²) < 4.78 is 20.7. The first-order chi connectivity index (χ1) is 6.13. The van der Waals surface area contributed by atoms with E-state index in [1.807, 2.05) is 6.07 Å². The van der Waals surface area contributed by atoms with Gasteiger partial charge in [-0.3, -0.25) is 0 Å². The van der Waals surface area contributed by atoms with E-state index in [4.69, 9.17) is 5.26 Å². The van der Waals surface area contributed by atoms with Gasteiger partial charge in [-0.15, -0.1) is 0 Å². The number of aromatic nitrogens is 2. The summed E-state index contributed by atoms with van der Waals surface area (Å²) in [5.41, 5.74) is 0.870. The Balaban J connectivity index is 3.04. The van der Waals surface area contributed by atoms with Crippen molar-refractivity contribution in [3.05, 3.63) is 23.3 Å². The van der Waals surface area contributed by atoms with E-state index in [0.717, 1.165) is 0 Å². The lowest BCUT2D eigenvalue weighted by Crippen LogP contribution is -1.99. The number of thiol groups is 1. The number of rotatable bonds is 2. The molecule has 0 unspecified atom stereocenters. The van der Waals surface area contributed by atoms with Crippen LogP contribution in [-0.2, 0) is 16.5 Å². The third-order valence-electron chi connectivity index (χ3n) is 1.42. The quantitative estimate of drug-likeness (QED) is 0.662. The van der Waals surface area contributed by atoms with Crippen LogP contribution in [0.15, 0.2) is 6.20 Å². The molecule has 6 heteroatoms. The van der Waals surface area contributed by atoms with E-state index in [9.17, 15) is 8.42 Å². The molecule has 0 radical (unpaired) electrons. The second-order valence-electron chi connectivity index (χ2n) is 2.39. The summed E-state index contributed by atoms with van der Waals surface area (Å²) in [7, 11) is -2.51. The van der Waals surface area contributed by atoms with Crippen LogP contribution in [0.2, 0.25) is 0 Å². The molecule has 0 aromatic carbocycles. The summed E-state index contributed by atoms with van der Waals surface area (Å²) in [6, 6.07) is 1.90. The van der Waals surface area contributed by atoms with Gasteiger partial charge < -0.3 is 0 Å². The average Bonchev–Trinajstić information content (AvgIpc) is 2.03. The minimum absolute atomic E-state index is 0.179. The lowest BCUT2D eigenvalue weighted by Gasteiger charge is -1.97. The van der Waals surface area contributed by atoms with E-state index in [1.165, 1.54) is 6.20 Å². The molecular formula is C7H7N3O2S. The smallest absolute Gasteiger partial charge is 0.147 e. The van der Waals surface area contributed by atoms with Crippen LogP contribution in [-0.4, -0.2) is 18.4 Å². The van der Waals surface area contributed by atoms with E-state index in [2.05, 4.69) is 9.97 Å². The molecule has 0 aliphatic carbocycles. The summed E-state index contributed by atoms with van der Waals surface area (Å²) in [5.74, 6) is 0.0506. The number of hydrogen-bond acceptors (Lipinski definition) is 5. The molecule has 0 bridgehead atoms. The highest BCUT2D eigenvalue weighted by atomic mass is 32.2. The molecule has 68 valence electrons. The van der Waals surface area contributed by atoms with Crippen molar-refractivity contribution < 1.29 is 8.42 Å². The van der Waals surface area contributed by atoms with Gasteiger partial charge in [0, 0.05) is 6.20 Å². The van der Waals surface area contributed by atoms with Crippen LogP contribution in [0.3, 0.4) is 0 Å². The molecule has 0 saturated heterocycles. The van der Waals surface area contributed by atoms with Crippen LogP contribution >= 0.6 is 0 Å². The molecule has 0 spiro atoms. The van der Waals surface area contributed by atoms with E-state index < -0.39 is 10.7 Å². The van der Waals surface area contributed by atoms with Crippen molar-refractivity contribution in [1.29, 1.82) is 5.26 Å². The van der Waals surface area contributed by atoms with Crippen molar-refractivity contribution in [2.24, 2.45) is 0 Å². The minimum atomic E-state index is -2.51. The van der Waals surface area contributed by atoms with Crippen molar-refractivity contribution in [2.75, 3.05) is 0 Å². The van der Waals surface area contributed by atoms with Gasteiger partial charge in [0.1, 0.15) is 28.4 Å². The first-order valence-corrected chi connectivity index (χ1v) is 4.84. The van der Waals surface area contributed by atoms with Gasteiger partial charge in [0.25, 0.3) is 0 Å². The third kappa shape index (κ3) is 2.49. The summed E-state index contributed by atoms with van der Waals surface area (Å²) in [6.07, 6.45) is 1.33. The van der Waals surface area contributed by atoms with Gasteiger partial charge in [-0.2, -0.15) is 5.26 Å². The molecule has 0 aliphatic rings. The fourth-order valence-electron chi connectivity index (χ4n) is 0.817. The lowest BCUT2D eigenvalue weighted by molar-refractivity contribution is 0.612. The van der Waals surface area contributed by atoms with Gasteiger partial charge in [0.05, 0.1) is 11.3 Å². The average molecular weight is 197 g/mol. The van der Waals surface area contributed by atoms with Gasteiger partial charge in [-0.05, 0) is 6.92 Å². The highest BCUT2D eigenvalue weighted by molar-refractivity contribution is 7.71. The second-order valence-corrected chi connectivity index (χ2v) is 3.37. The topological polar surface area (TPSA) is 83.7 Å². The standard InChI is InChI=1S/C7H7N3O2S/c1-5-6(2-8)3-9-7(10-5)4-13(11)12/h3,13H,4H2,1H3. The van der Waals surface area contributed by atoms with E-state index >= 15 is 0 Å². The first-order valence-electron chi connectivity index (χ1n) is 3.48. The molecule has 0 fully saturated rings. The maximum Gasteiger partial charge on any atom is 0.147 e. The second kappa shape index (κ2) is 3.96. The summed E-state index contributed by atoms with van der Waals surface area (Å²) >= 11 is 0. The zero-order chi connectivity index (χ0) is 9.84. The van der Waals surface area contributed by atoms with Gasteiger partial charge in [0.15, 0.2) is 0 Å². The van der Waals surface area contributed by atoms with Crippen molar-refractivity contribution in [3.8, 4) is 6.07 Å². The van der Waals surface area contributed by atoms with Crippen molar-refractivity contribution in [2.45, 2.75) is 12.7 Å². The van der Waals surface area contributed by atoms with E-state index in [-0.39, 0.29) is 11.6 Å². The highest BCUT2D eigenvalue weighted by Gasteiger charge is 2.02. The fraction of sp³-hybridized carbons (Fsp3) is 0.286. The number of aryl methyl sites for hydroxylation is 1. The minimum Gasteiger partial charge on any atom is -0.239 e. The molecule has 5 nitrogen and oxygen atoms in total. The molecule has 0 amide bonds. The van der Waals surface area contributed by atoms with Gasteiger partial charge in [0.2, 0.25) is 0 Å². The van der Waals surface area contributed by atoms with Gasteiger partial charge in [-0.1, -0.05) is 0 Å². The number of nitriles is 1. The zero-order valence-electron chi connectivity index (χ0n) is 6.89. The van der Waals surface area contributed by atoms with Crippen LogP contribution in [0.1, 0.15) is 17.1 Å². The molecule has 0 aliphatic heterocycles. The maximum atomic E-state index is 10.3.